The van der Waals surface area contributed by atoms with E-state index in [9.17, 15) is 9.59 Å². The Morgan fingerprint density at radius 3 is 2.00 bits per heavy atom. The zero-order valence-electron chi connectivity index (χ0n) is 18.1. The molecule has 8 nitrogen and oxygen atoms in total. The average Bonchev–Trinajstić information content (AvgIpc) is 2.84. The van der Waals surface area contributed by atoms with Crippen molar-refractivity contribution in [2.75, 3.05) is 21.3 Å². The summed E-state index contributed by atoms with van der Waals surface area (Å²) in [6.45, 7) is 0. The van der Waals surface area contributed by atoms with E-state index in [1.54, 1.807) is 48.5 Å². The molecular weight excluding hydrogens is 448 g/mol. The fourth-order valence-corrected chi connectivity index (χ4v) is 2.94. The van der Waals surface area contributed by atoms with Gasteiger partial charge in [0.15, 0.2) is 11.5 Å². The summed E-state index contributed by atoms with van der Waals surface area (Å²) in [5, 5.41) is 4.47. The molecule has 0 aliphatic rings. The molecule has 0 fully saturated rings. The van der Waals surface area contributed by atoms with Crippen molar-refractivity contribution in [3.05, 3.63) is 82.4 Å². The highest BCUT2D eigenvalue weighted by Gasteiger charge is 2.18. The number of carbonyl (C=O) groups is 2. The van der Waals surface area contributed by atoms with E-state index < -0.39 is 5.97 Å². The van der Waals surface area contributed by atoms with Crippen LogP contribution in [0.4, 0.5) is 0 Å². The molecule has 0 aliphatic heterocycles. The van der Waals surface area contributed by atoms with Crippen LogP contribution in [0.5, 0.6) is 23.0 Å². The molecule has 0 saturated heterocycles. The Hall–Kier alpha value is -4.04. The predicted octanol–water partition coefficient (Wildman–Crippen LogP) is 4.35. The number of methoxy groups -OCH3 is 3. The molecule has 1 amide bonds. The highest BCUT2D eigenvalue weighted by atomic mass is 35.5. The first-order valence-corrected chi connectivity index (χ1v) is 10.0. The van der Waals surface area contributed by atoms with Crippen LogP contribution in [0.1, 0.15) is 26.3 Å². The molecule has 0 bridgehead atoms. The first-order valence-electron chi connectivity index (χ1n) is 9.66. The molecule has 3 rings (SSSR count). The molecular formula is C24H21ClN2O6. The first-order chi connectivity index (χ1) is 15.9. The Kier molecular flexibility index (Phi) is 7.88. The number of halogens is 1. The number of nitrogens with one attached hydrogen (secondary N) is 1. The van der Waals surface area contributed by atoms with E-state index in [4.69, 9.17) is 30.5 Å². The van der Waals surface area contributed by atoms with Crippen LogP contribution in [-0.2, 0) is 0 Å². The number of ether oxygens (including phenoxy) is 4. The lowest BCUT2D eigenvalue weighted by atomic mass is 10.2. The minimum atomic E-state index is -0.592. The molecule has 9 heteroatoms. The van der Waals surface area contributed by atoms with Gasteiger partial charge in [-0.1, -0.05) is 11.6 Å². The van der Waals surface area contributed by atoms with Gasteiger partial charge in [-0.2, -0.15) is 5.10 Å². The summed E-state index contributed by atoms with van der Waals surface area (Å²) in [4.78, 5) is 24.6. The standard InChI is InChI=1S/C24H21ClN2O6/c1-30-20-12-17(13-21(31-2)22(20)32-3)24(29)33-19-10-4-15(5-11-19)14-26-27-23(28)16-6-8-18(25)9-7-16/h4-14H,1-3H3,(H,27,28)/b26-14-. The quantitative estimate of drug-likeness (QED) is 0.228. The second-order valence-electron chi connectivity index (χ2n) is 6.58. The Bertz CT molecular complexity index is 1140. The number of hydrogen-bond donors (Lipinski definition) is 1. The molecule has 0 saturated carbocycles. The Morgan fingerprint density at radius 2 is 1.45 bits per heavy atom. The zero-order valence-corrected chi connectivity index (χ0v) is 18.9. The molecule has 170 valence electrons. The van der Waals surface area contributed by atoms with Gasteiger partial charge in [0.1, 0.15) is 5.75 Å². The van der Waals surface area contributed by atoms with Gasteiger partial charge in [0.2, 0.25) is 5.75 Å². The van der Waals surface area contributed by atoms with Crippen LogP contribution in [-0.4, -0.2) is 39.4 Å². The van der Waals surface area contributed by atoms with Crippen LogP contribution in [0.15, 0.2) is 65.8 Å². The molecule has 3 aromatic carbocycles. The third kappa shape index (κ3) is 6.02. The van der Waals surface area contributed by atoms with E-state index in [2.05, 4.69) is 10.5 Å². The van der Waals surface area contributed by atoms with E-state index in [-0.39, 0.29) is 11.5 Å². The molecule has 0 unspecified atom stereocenters. The predicted molar refractivity (Wildman–Crippen MR) is 124 cm³/mol. The number of nitrogens with zero attached hydrogens (tertiary/aromatic N) is 1. The third-order valence-electron chi connectivity index (χ3n) is 4.48. The molecule has 0 atom stereocenters. The van der Waals surface area contributed by atoms with E-state index in [1.165, 1.54) is 39.7 Å². The van der Waals surface area contributed by atoms with Crippen LogP contribution in [0.2, 0.25) is 5.02 Å². The lowest BCUT2D eigenvalue weighted by Gasteiger charge is -2.13. The Labute approximate surface area is 195 Å². The molecule has 0 radical (unpaired) electrons. The zero-order chi connectivity index (χ0) is 23.8. The van der Waals surface area contributed by atoms with Crippen LogP contribution in [0.3, 0.4) is 0 Å². The molecule has 0 aromatic heterocycles. The molecule has 1 N–H and O–H groups in total. The van der Waals surface area contributed by atoms with Gasteiger partial charge in [-0.05, 0) is 66.2 Å². The molecule has 0 aliphatic carbocycles. The van der Waals surface area contributed by atoms with E-state index >= 15 is 0 Å². The number of rotatable bonds is 8. The second kappa shape index (κ2) is 11.0. The summed E-state index contributed by atoms with van der Waals surface area (Å²) >= 11 is 5.81. The summed E-state index contributed by atoms with van der Waals surface area (Å²) in [6, 6.07) is 16.1. The number of hydrazone groups is 1. The maximum Gasteiger partial charge on any atom is 0.343 e. The Morgan fingerprint density at radius 1 is 0.848 bits per heavy atom. The highest BCUT2D eigenvalue weighted by Crippen LogP contribution is 2.38. The number of benzene rings is 3. The van der Waals surface area contributed by atoms with Crippen molar-refractivity contribution in [3.8, 4) is 23.0 Å². The van der Waals surface area contributed by atoms with Gasteiger partial charge < -0.3 is 18.9 Å². The van der Waals surface area contributed by atoms with E-state index in [0.29, 0.717) is 39.1 Å². The maximum absolute atomic E-state index is 12.6. The normalized spacial score (nSPS) is 10.5. The highest BCUT2D eigenvalue weighted by molar-refractivity contribution is 6.30. The van der Waals surface area contributed by atoms with Crippen molar-refractivity contribution < 1.29 is 28.5 Å². The van der Waals surface area contributed by atoms with Gasteiger partial charge in [-0.25, -0.2) is 10.2 Å². The van der Waals surface area contributed by atoms with Crippen molar-refractivity contribution in [1.29, 1.82) is 0 Å². The lowest BCUT2D eigenvalue weighted by Crippen LogP contribution is -2.17. The van der Waals surface area contributed by atoms with Crippen molar-refractivity contribution in [3.63, 3.8) is 0 Å². The number of carbonyl (C=O) groups excluding carboxylic acids is 2. The summed E-state index contributed by atoms with van der Waals surface area (Å²) < 4.78 is 21.2. The summed E-state index contributed by atoms with van der Waals surface area (Å²) in [6.07, 6.45) is 1.47. The van der Waals surface area contributed by atoms with E-state index in [1.807, 2.05) is 0 Å². The van der Waals surface area contributed by atoms with Crippen molar-refractivity contribution in [2.45, 2.75) is 0 Å². The molecule has 33 heavy (non-hydrogen) atoms. The molecule has 0 heterocycles. The first kappa shape index (κ1) is 23.6. The van der Waals surface area contributed by atoms with Crippen molar-refractivity contribution in [2.24, 2.45) is 5.10 Å². The third-order valence-corrected chi connectivity index (χ3v) is 4.73. The number of amides is 1. The van der Waals surface area contributed by atoms with Gasteiger partial charge in [0.25, 0.3) is 5.91 Å². The second-order valence-corrected chi connectivity index (χ2v) is 7.02. The van der Waals surface area contributed by atoms with Gasteiger partial charge in [0.05, 0.1) is 33.1 Å². The van der Waals surface area contributed by atoms with Gasteiger partial charge >= 0.3 is 5.97 Å². The smallest absolute Gasteiger partial charge is 0.343 e. The van der Waals surface area contributed by atoms with Crippen LogP contribution >= 0.6 is 11.6 Å². The van der Waals surface area contributed by atoms with Crippen LogP contribution in [0, 0.1) is 0 Å². The fraction of sp³-hybridized carbons (Fsp3) is 0.125. The van der Waals surface area contributed by atoms with Crippen LogP contribution < -0.4 is 24.4 Å². The monoisotopic (exact) mass is 468 g/mol. The summed E-state index contributed by atoms with van der Waals surface area (Å²) in [5.41, 5.74) is 3.80. The van der Waals surface area contributed by atoms with Gasteiger partial charge in [0, 0.05) is 10.6 Å². The van der Waals surface area contributed by atoms with Crippen molar-refractivity contribution >= 4 is 29.7 Å². The van der Waals surface area contributed by atoms with E-state index in [0.717, 1.165) is 0 Å². The topological polar surface area (TPSA) is 95.5 Å². The number of esters is 1. The summed E-state index contributed by atoms with van der Waals surface area (Å²) in [5.74, 6) is 0.441. The maximum atomic E-state index is 12.6. The minimum Gasteiger partial charge on any atom is -0.493 e. The SMILES string of the molecule is COc1cc(C(=O)Oc2ccc(/C=N\NC(=O)c3ccc(Cl)cc3)cc2)cc(OC)c1OC. The largest absolute Gasteiger partial charge is 0.493 e. The summed E-state index contributed by atoms with van der Waals surface area (Å²) in [7, 11) is 4.40. The lowest BCUT2D eigenvalue weighted by molar-refractivity contribution is 0.0733. The average molecular weight is 469 g/mol. The Balaban J connectivity index is 1.63. The van der Waals surface area contributed by atoms with Gasteiger partial charge in [-0.3, -0.25) is 4.79 Å². The molecule has 3 aromatic rings. The van der Waals surface area contributed by atoms with Crippen LogP contribution in [0.25, 0.3) is 0 Å². The minimum absolute atomic E-state index is 0.236. The fourth-order valence-electron chi connectivity index (χ4n) is 2.82. The number of hydrogen-bond acceptors (Lipinski definition) is 7. The van der Waals surface area contributed by atoms with Crippen molar-refractivity contribution in [1.82, 2.24) is 5.43 Å². The molecule has 0 spiro atoms. The van der Waals surface area contributed by atoms with Gasteiger partial charge in [-0.15, -0.1) is 0 Å².